The fraction of sp³-hybridized carbons (Fsp3) is 0.600. The van der Waals surface area contributed by atoms with Crippen molar-refractivity contribution in [2.45, 2.75) is 46.1 Å². The molecule has 18 heavy (non-hydrogen) atoms. The summed E-state index contributed by atoms with van der Waals surface area (Å²) in [5, 5.41) is 4.81. The van der Waals surface area contributed by atoms with Gasteiger partial charge in [-0.1, -0.05) is 50.0 Å². The molecule has 1 saturated carbocycles. The third-order valence-corrected chi connectivity index (χ3v) is 4.80. The highest BCUT2D eigenvalue weighted by molar-refractivity contribution is 6.43. The first-order valence-electron chi connectivity index (χ1n) is 6.59. The topological polar surface area (TPSA) is 12.0 Å². The van der Waals surface area contributed by atoms with Crippen molar-refractivity contribution in [1.29, 1.82) is 0 Å². The molecule has 2 rings (SSSR count). The lowest BCUT2D eigenvalue weighted by Gasteiger charge is -2.40. The monoisotopic (exact) mass is 285 g/mol. The van der Waals surface area contributed by atoms with E-state index >= 15 is 0 Å². The molecule has 1 fully saturated rings. The molecule has 0 amide bonds. The number of anilines is 1. The van der Waals surface area contributed by atoms with E-state index in [-0.39, 0.29) is 0 Å². The van der Waals surface area contributed by atoms with E-state index in [9.17, 15) is 0 Å². The van der Waals surface area contributed by atoms with E-state index in [0.717, 1.165) is 5.69 Å². The van der Waals surface area contributed by atoms with Crippen LogP contribution in [0.15, 0.2) is 18.2 Å². The molecule has 1 aromatic carbocycles. The molecule has 0 heterocycles. The van der Waals surface area contributed by atoms with E-state index in [1.807, 2.05) is 18.2 Å². The van der Waals surface area contributed by atoms with Crippen LogP contribution in [-0.2, 0) is 0 Å². The Bertz CT molecular complexity index is 429. The van der Waals surface area contributed by atoms with E-state index in [1.54, 1.807) is 0 Å². The highest BCUT2D eigenvalue weighted by atomic mass is 35.5. The van der Waals surface area contributed by atoms with Gasteiger partial charge in [0.2, 0.25) is 0 Å². The van der Waals surface area contributed by atoms with Crippen molar-refractivity contribution < 1.29 is 0 Å². The van der Waals surface area contributed by atoms with Gasteiger partial charge >= 0.3 is 0 Å². The van der Waals surface area contributed by atoms with E-state index in [4.69, 9.17) is 23.2 Å². The Hall–Kier alpha value is -0.400. The van der Waals surface area contributed by atoms with Gasteiger partial charge in [0.1, 0.15) is 0 Å². The lowest BCUT2D eigenvalue weighted by molar-refractivity contribution is 0.177. The second-order valence-electron chi connectivity index (χ2n) is 6.24. The van der Waals surface area contributed by atoms with Crippen molar-refractivity contribution in [2.24, 2.45) is 11.3 Å². The standard InChI is InChI=1S/C15H21Cl2N/c1-10-9-15(2,3)8-7-12(10)18-13-6-4-5-11(16)14(13)17/h4-6,10,12,18H,7-9H2,1-3H3. The summed E-state index contributed by atoms with van der Waals surface area (Å²) in [6, 6.07) is 6.26. The number of nitrogens with one attached hydrogen (secondary N) is 1. The minimum absolute atomic E-state index is 0.468. The summed E-state index contributed by atoms with van der Waals surface area (Å²) in [5.74, 6) is 0.656. The van der Waals surface area contributed by atoms with Crippen LogP contribution in [0.4, 0.5) is 5.69 Å². The Labute approximate surface area is 120 Å². The largest absolute Gasteiger partial charge is 0.381 e. The number of hydrogen-bond acceptors (Lipinski definition) is 1. The van der Waals surface area contributed by atoms with Gasteiger partial charge in [0.05, 0.1) is 15.7 Å². The first kappa shape index (κ1) is 14.0. The van der Waals surface area contributed by atoms with Gasteiger partial charge in [-0.15, -0.1) is 0 Å². The predicted molar refractivity (Wildman–Crippen MR) is 80.7 cm³/mol. The molecular formula is C15H21Cl2N. The first-order valence-corrected chi connectivity index (χ1v) is 7.35. The van der Waals surface area contributed by atoms with Crippen molar-refractivity contribution >= 4 is 28.9 Å². The molecule has 0 aromatic heterocycles. The summed E-state index contributed by atoms with van der Waals surface area (Å²) >= 11 is 12.3. The number of hydrogen-bond donors (Lipinski definition) is 1. The molecule has 2 atom stereocenters. The maximum atomic E-state index is 6.22. The number of halogens is 2. The Morgan fingerprint density at radius 1 is 1.28 bits per heavy atom. The maximum absolute atomic E-state index is 6.22. The van der Waals surface area contributed by atoms with E-state index in [0.29, 0.717) is 27.4 Å². The third kappa shape index (κ3) is 3.13. The van der Waals surface area contributed by atoms with Gasteiger partial charge in [-0.3, -0.25) is 0 Å². The normalized spacial score (nSPS) is 26.9. The van der Waals surface area contributed by atoms with Crippen LogP contribution in [0.25, 0.3) is 0 Å². The van der Waals surface area contributed by atoms with Gasteiger partial charge in [-0.05, 0) is 42.7 Å². The summed E-state index contributed by atoms with van der Waals surface area (Å²) in [4.78, 5) is 0. The first-order chi connectivity index (χ1) is 8.39. The maximum Gasteiger partial charge on any atom is 0.0823 e. The molecule has 0 radical (unpaired) electrons. The Kier molecular flexibility index (Phi) is 4.13. The van der Waals surface area contributed by atoms with Crippen LogP contribution < -0.4 is 5.32 Å². The van der Waals surface area contributed by atoms with Gasteiger partial charge in [0, 0.05) is 6.04 Å². The van der Waals surface area contributed by atoms with Gasteiger partial charge in [0.25, 0.3) is 0 Å². The fourth-order valence-corrected chi connectivity index (χ4v) is 3.33. The molecule has 1 aliphatic rings. The average molecular weight is 286 g/mol. The zero-order chi connectivity index (χ0) is 13.3. The molecule has 2 unspecified atom stereocenters. The Morgan fingerprint density at radius 3 is 2.67 bits per heavy atom. The van der Waals surface area contributed by atoms with E-state index < -0.39 is 0 Å². The van der Waals surface area contributed by atoms with E-state index in [2.05, 4.69) is 26.1 Å². The van der Waals surface area contributed by atoms with Gasteiger partial charge < -0.3 is 5.32 Å². The summed E-state index contributed by atoms with van der Waals surface area (Å²) in [6.07, 6.45) is 3.70. The van der Waals surface area contributed by atoms with Gasteiger partial charge in [0.15, 0.2) is 0 Å². The molecule has 1 nitrogen and oxygen atoms in total. The zero-order valence-electron chi connectivity index (χ0n) is 11.3. The van der Waals surface area contributed by atoms with Crippen LogP contribution in [0, 0.1) is 11.3 Å². The van der Waals surface area contributed by atoms with Crippen LogP contribution in [-0.4, -0.2) is 6.04 Å². The minimum atomic E-state index is 0.468. The van der Waals surface area contributed by atoms with Crippen molar-refractivity contribution in [1.82, 2.24) is 0 Å². The van der Waals surface area contributed by atoms with Crippen molar-refractivity contribution in [3.05, 3.63) is 28.2 Å². The second kappa shape index (κ2) is 5.30. The molecular weight excluding hydrogens is 265 g/mol. The van der Waals surface area contributed by atoms with Gasteiger partial charge in [-0.25, -0.2) is 0 Å². The molecule has 0 bridgehead atoms. The molecule has 1 aliphatic carbocycles. The van der Waals surface area contributed by atoms with Crippen LogP contribution in [0.1, 0.15) is 40.0 Å². The molecule has 3 heteroatoms. The quantitative estimate of drug-likeness (QED) is 0.744. The lowest BCUT2D eigenvalue weighted by Crippen LogP contribution is -2.36. The Morgan fingerprint density at radius 2 is 2.00 bits per heavy atom. The van der Waals surface area contributed by atoms with Crippen LogP contribution in [0.5, 0.6) is 0 Å². The Balaban J connectivity index is 2.08. The summed E-state index contributed by atoms with van der Waals surface area (Å²) in [7, 11) is 0. The van der Waals surface area contributed by atoms with Crippen LogP contribution in [0.3, 0.4) is 0 Å². The van der Waals surface area contributed by atoms with Crippen LogP contribution >= 0.6 is 23.2 Å². The number of rotatable bonds is 2. The highest BCUT2D eigenvalue weighted by Gasteiger charge is 2.32. The highest BCUT2D eigenvalue weighted by Crippen LogP contribution is 2.40. The summed E-state index contributed by atoms with van der Waals surface area (Å²) in [5.41, 5.74) is 1.43. The SMILES string of the molecule is CC1CC(C)(C)CCC1Nc1cccc(Cl)c1Cl. The zero-order valence-corrected chi connectivity index (χ0v) is 12.8. The molecule has 0 saturated heterocycles. The summed E-state index contributed by atoms with van der Waals surface area (Å²) in [6.45, 7) is 7.02. The average Bonchev–Trinajstić information content (AvgIpc) is 2.27. The third-order valence-electron chi connectivity index (χ3n) is 3.99. The molecule has 0 spiro atoms. The molecule has 0 aliphatic heterocycles. The van der Waals surface area contributed by atoms with Gasteiger partial charge in [-0.2, -0.15) is 0 Å². The lowest BCUT2D eigenvalue weighted by atomic mass is 9.70. The van der Waals surface area contributed by atoms with Crippen LogP contribution in [0.2, 0.25) is 10.0 Å². The molecule has 100 valence electrons. The smallest absolute Gasteiger partial charge is 0.0823 e. The van der Waals surface area contributed by atoms with E-state index in [1.165, 1.54) is 19.3 Å². The van der Waals surface area contributed by atoms with Crippen molar-refractivity contribution in [2.75, 3.05) is 5.32 Å². The van der Waals surface area contributed by atoms with Crippen molar-refractivity contribution in [3.63, 3.8) is 0 Å². The predicted octanol–water partition coefficient (Wildman–Crippen LogP) is 5.62. The van der Waals surface area contributed by atoms with Crippen molar-refractivity contribution in [3.8, 4) is 0 Å². The second-order valence-corrected chi connectivity index (χ2v) is 7.02. The molecule has 1 aromatic rings. The number of benzene rings is 1. The molecule has 1 N–H and O–H groups in total. The summed E-state index contributed by atoms with van der Waals surface area (Å²) < 4.78 is 0. The minimum Gasteiger partial charge on any atom is -0.381 e. The fourth-order valence-electron chi connectivity index (χ4n) is 2.98.